The quantitative estimate of drug-likeness (QED) is 0.870. The normalized spacial score (nSPS) is 25.9. The molecule has 21 heavy (non-hydrogen) atoms. The molecular formula is C14H18BrN3O3. The van der Waals surface area contributed by atoms with Gasteiger partial charge in [0.15, 0.2) is 5.69 Å². The molecule has 2 fully saturated rings. The van der Waals surface area contributed by atoms with Crippen molar-refractivity contribution >= 4 is 27.8 Å². The number of carbonyl (C=O) groups excluding carboxylic acids is 1. The molecule has 2 heterocycles. The SMILES string of the molecule is CC1CN(C(=O)c2n[nH]c(C3CC3)c2Br)CCC1C(=O)O. The van der Waals surface area contributed by atoms with Crippen molar-refractivity contribution < 1.29 is 14.7 Å². The number of carbonyl (C=O) groups is 2. The molecule has 0 radical (unpaired) electrons. The summed E-state index contributed by atoms with van der Waals surface area (Å²) in [5.74, 6) is -0.808. The van der Waals surface area contributed by atoms with Gasteiger partial charge in [0, 0.05) is 19.0 Å². The van der Waals surface area contributed by atoms with Crippen molar-refractivity contribution in [1.29, 1.82) is 0 Å². The fourth-order valence-corrected chi connectivity index (χ4v) is 3.64. The fourth-order valence-electron chi connectivity index (χ4n) is 2.97. The van der Waals surface area contributed by atoms with Crippen molar-refractivity contribution in [3.63, 3.8) is 0 Å². The van der Waals surface area contributed by atoms with E-state index in [9.17, 15) is 9.59 Å². The van der Waals surface area contributed by atoms with Crippen LogP contribution in [0.3, 0.4) is 0 Å². The highest BCUT2D eigenvalue weighted by Crippen LogP contribution is 2.43. The zero-order chi connectivity index (χ0) is 15.1. The molecule has 0 spiro atoms. The Morgan fingerprint density at radius 2 is 2.10 bits per heavy atom. The van der Waals surface area contributed by atoms with Crippen molar-refractivity contribution in [1.82, 2.24) is 15.1 Å². The van der Waals surface area contributed by atoms with Gasteiger partial charge in [0.25, 0.3) is 5.91 Å². The first kappa shape index (κ1) is 14.6. The minimum absolute atomic E-state index is 0.0409. The number of rotatable bonds is 3. The third-order valence-electron chi connectivity index (χ3n) is 4.43. The van der Waals surface area contributed by atoms with Gasteiger partial charge in [-0.3, -0.25) is 14.7 Å². The third kappa shape index (κ3) is 2.71. The minimum atomic E-state index is -0.772. The van der Waals surface area contributed by atoms with Gasteiger partial charge in [0.05, 0.1) is 16.1 Å². The summed E-state index contributed by atoms with van der Waals surface area (Å²) in [6.07, 6.45) is 2.77. The summed E-state index contributed by atoms with van der Waals surface area (Å²) in [6, 6.07) is 0. The first-order valence-electron chi connectivity index (χ1n) is 7.25. The molecule has 1 saturated heterocycles. The highest BCUT2D eigenvalue weighted by molar-refractivity contribution is 9.10. The predicted molar refractivity (Wildman–Crippen MR) is 79.1 cm³/mol. The summed E-state index contributed by atoms with van der Waals surface area (Å²) < 4.78 is 0.767. The van der Waals surface area contributed by atoms with Crippen molar-refractivity contribution in [3.05, 3.63) is 15.9 Å². The van der Waals surface area contributed by atoms with Crippen LogP contribution >= 0.6 is 15.9 Å². The number of aromatic nitrogens is 2. The lowest BCUT2D eigenvalue weighted by molar-refractivity contribution is -0.145. The van der Waals surface area contributed by atoms with E-state index in [1.54, 1.807) is 4.90 Å². The van der Waals surface area contributed by atoms with Crippen LogP contribution in [0.15, 0.2) is 4.47 Å². The van der Waals surface area contributed by atoms with Crippen LogP contribution in [0.5, 0.6) is 0 Å². The Labute approximate surface area is 131 Å². The molecule has 1 aliphatic carbocycles. The molecule has 1 aliphatic heterocycles. The van der Waals surface area contributed by atoms with E-state index in [0.717, 1.165) is 23.0 Å². The number of nitrogens with one attached hydrogen (secondary N) is 1. The lowest BCUT2D eigenvalue weighted by atomic mass is 9.87. The van der Waals surface area contributed by atoms with E-state index >= 15 is 0 Å². The van der Waals surface area contributed by atoms with Crippen LogP contribution in [-0.2, 0) is 4.79 Å². The minimum Gasteiger partial charge on any atom is -0.481 e. The molecule has 0 aromatic carbocycles. The van der Waals surface area contributed by atoms with Gasteiger partial charge in [-0.2, -0.15) is 5.10 Å². The van der Waals surface area contributed by atoms with E-state index in [2.05, 4.69) is 26.1 Å². The molecule has 1 saturated carbocycles. The van der Waals surface area contributed by atoms with Gasteiger partial charge < -0.3 is 10.0 Å². The summed E-state index contributed by atoms with van der Waals surface area (Å²) in [7, 11) is 0. The summed E-state index contributed by atoms with van der Waals surface area (Å²) >= 11 is 3.47. The monoisotopic (exact) mass is 355 g/mol. The lowest BCUT2D eigenvalue weighted by Gasteiger charge is -2.34. The van der Waals surface area contributed by atoms with Gasteiger partial charge in [0.2, 0.25) is 0 Å². The van der Waals surface area contributed by atoms with E-state index < -0.39 is 5.97 Å². The number of amides is 1. The second-order valence-corrected chi connectivity index (χ2v) is 6.83. The second-order valence-electron chi connectivity index (χ2n) is 6.04. The Balaban J connectivity index is 1.73. The van der Waals surface area contributed by atoms with E-state index in [1.807, 2.05) is 6.92 Å². The molecule has 3 rings (SSSR count). The molecule has 2 N–H and O–H groups in total. The lowest BCUT2D eigenvalue weighted by Crippen LogP contribution is -2.45. The highest BCUT2D eigenvalue weighted by atomic mass is 79.9. The molecule has 7 heteroatoms. The van der Waals surface area contributed by atoms with Crippen LogP contribution < -0.4 is 0 Å². The van der Waals surface area contributed by atoms with Crippen LogP contribution in [-0.4, -0.2) is 45.2 Å². The zero-order valence-electron chi connectivity index (χ0n) is 11.8. The fraction of sp³-hybridized carbons (Fsp3) is 0.643. The molecule has 6 nitrogen and oxygen atoms in total. The zero-order valence-corrected chi connectivity index (χ0v) is 13.4. The number of likely N-dealkylation sites (tertiary alicyclic amines) is 1. The topological polar surface area (TPSA) is 86.3 Å². The largest absolute Gasteiger partial charge is 0.481 e. The molecule has 114 valence electrons. The number of aliphatic carboxylic acids is 1. The van der Waals surface area contributed by atoms with Crippen molar-refractivity contribution in [2.24, 2.45) is 11.8 Å². The Hall–Kier alpha value is -1.37. The third-order valence-corrected chi connectivity index (χ3v) is 5.23. The average molecular weight is 356 g/mol. The van der Waals surface area contributed by atoms with Crippen LogP contribution in [0, 0.1) is 11.8 Å². The number of hydrogen-bond donors (Lipinski definition) is 2. The number of nitrogens with zero attached hydrogens (tertiary/aromatic N) is 2. The maximum Gasteiger partial charge on any atom is 0.306 e. The molecular weight excluding hydrogens is 338 g/mol. The predicted octanol–water partition coefficient (Wildman–Crippen LogP) is 2.23. The summed E-state index contributed by atoms with van der Waals surface area (Å²) in [5, 5.41) is 16.2. The highest BCUT2D eigenvalue weighted by Gasteiger charge is 2.36. The first-order chi connectivity index (χ1) is 9.99. The molecule has 1 aromatic rings. The number of carboxylic acid groups (broad SMARTS) is 1. The van der Waals surface area contributed by atoms with E-state index in [0.29, 0.717) is 31.1 Å². The van der Waals surface area contributed by atoms with Crippen LogP contribution in [0.25, 0.3) is 0 Å². The van der Waals surface area contributed by atoms with Crippen LogP contribution in [0.1, 0.15) is 48.3 Å². The number of halogens is 1. The summed E-state index contributed by atoms with van der Waals surface area (Å²) in [5.41, 5.74) is 1.42. The Kier molecular flexibility index (Phi) is 3.77. The van der Waals surface area contributed by atoms with Gasteiger partial charge in [-0.25, -0.2) is 0 Å². The average Bonchev–Trinajstić information content (AvgIpc) is 3.21. The molecule has 1 aromatic heterocycles. The standard InChI is InChI=1S/C14H18BrN3O3/c1-7-6-18(5-4-9(7)14(20)21)13(19)12-10(15)11(16-17-12)8-2-3-8/h7-9H,2-6H2,1H3,(H,16,17)(H,20,21). The maximum absolute atomic E-state index is 12.6. The van der Waals surface area contributed by atoms with Gasteiger partial charge in [-0.1, -0.05) is 6.92 Å². The second kappa shape index (κ2) is 5.44. The molecule has 2 aliphatic rings. The molecule has 1 amide bonds. The van der Waals surface area contributed by atoms with Crippen LogP contribution in [0.4, 0.5) is 0 Å². The smallest absolute Gasteiger partial charge is 0.306 e. The van der Waals surface area contributed by atoms with Gasteiger partial charge in [-0.05, 0) is 41.1 Å². The molecule has 0 bridgehead atoms. The van der Waals surface area contributed by atoms with Gasteiger partial charge in [0.1, 0.15) is 0 Å². The van der Waals surface area contributed by atoms with E-state index in [-0.39, 0.29) is 17.7 Å². The van der Waals surface area contributed by atoms with E-state index in [1.165, 1.54) is 0 Å². The number of hydrogen-bond acceptors (Lipinski definition) is 3. The summed E-state index contributed by atoms with van der Waals surface area (Å²) in [6.45, 7) is 2.82. The Bertz CT molecular complexity index is 582. The van der Waals surface area contributed by atoms with Crippen molar-refractivity contribution in [3.8, 4) is 0 Å². The molecule has 2 atom stereocenters. The number of carboxylic acids is 1. The number of aromatic amines is 1. The Morgan fingerprint density at radius 3 is 2.67 bits per heavy atom. The van der Waals surface area contributed by atoms with Crippen molar-refractivity contribution in [2.75, 3.05) is 13.1 Å². The van der Waals surface area contributed by atoms with Gasteiger partial charge in [-0.15, -0.1) is 0 Å². The Morgan fingerprint density at radius 1 is 1.38 bits per heavy atom. The molecule has 2 unspecified atom stereocenters. The first-order valence-corrected chi connectivity index (χ1v) is 8.04. The van der Waals surface area contributed by atoms with Gasteiger partial charge >= 0.3 is 5.97 Å². The maximum atomic E-state index is 12.6. The number of H-pyrrole nitrogens is 1. The van der Waals surface area contributed by atoms with Crippen molar-refractivity contribution in [2.45, 2.75) is 32.1 Å². The van der Waals surface area contributed by atoms with Crippen LogP contribution in [0.2, 0.25) is 0 Å². The van der Waals surface area contributed by atoms with E-state index in [4.69, 9.17) is 5.11 Å². The summed E-state index contributed by atoms with van der Waals surface area (Å²) in [4.78, 5) is 25.4. The number of piperidine rings is 1.